The molecule has 25 heavy (non-hydrogen) atoms. The van der Waals surface area contributed by atoms with Crippen molar-refractivity contribution in [2.75, 3.05) is 22.8 Å². The summed E-state index contributed by atoms with van der Waals surface area (Å²) in [4.78, 5) is 24.2. The molecule has 0 atom stereocenters. The highest BCUT2D eigenvalue weighted by molar-refractivity contribution is 7.92. The molecule has 132 valence electrons. The van der Waals surface area contributed by atoms with Crippen LogP contribution in [0, 0.1) is 0 Å². The van der Waals surface area contributed by atoms with Crippen LogP contribution in [-0.4, -0.2) is 38.1 Å². The lowest BCUT2D eigenvalue weighted by Crippen LogP contribution is -2.23. The van der Waals surface area contributed by atoms with Crippen molar-refractivity contribution in [3.8, 4) is 0 Å². The third kappa shape index (κ3) is 3.29. The van der Waals surface area contributed by atoms with Crippen LogP contribution < -0.4 is 15.4 Å². The maximum atomic E-state index is 12.5. The second-order valence-electron chi connectivity index (χ2n) is 5.46. The first kappa shape index (κ1) is 16.8. The Hall–Kier alpha value is -3.01. The zero-order valence-corrected chi connectivity index (χ0v) is 14.1. The molecule has 0 unspecified atom stereocenters. The molecule has 3 rings (SSSR count). The van der Waals surface area contributed by atoms with Gasteiger partial charge in [-0.25, -0.2) is 13.2 Å². The smallest absolute Gasteiger partial charge is 0.414 e. The van der Waals surface area contributed by atoms with E-state index in [2.05, 4.69) is 4.72 Å². The zero-order chi connectivity index (χ0) is 18.2. The Labute approximate surface area is 144 Å². The SMILES string of the molecule is Cn1cc(S(=O)(=O)Nc2cccc(N3CCOC3=O)c2)cc1C(N)=O. The van der Waals surface area contributed by atoms with Gasteiger partial charge in [0.25, 0.3) is 15.9 Å². The van der Waals surface area contributed by atoms with Gasteiger partial charge in [-0.05, 0) is 24.3 Å². The van der Waals surface area contributed by atoms with Crippen LogP contribution in [0.1, 0.15) is 10.5 Å². The molecular formula is C15H16N4O5S. The number of hydrogen-bond donors (Lipinski definition) is 2. The minimum absolute atomic E-state index is 0.0777. The van der Waals surface area contributed by atoms with E-state index < -0.39 is 22.0 Å². The molecular weight excluding hydrogens is 348 g/mol. The van der Waals surface area contributed by atoms with Crippen LogP contribution in [0.3, 0.4) is 0 Å². The lowest BCUT2D eigenvalue weighted by Gasteiger charge is -2.14. The van der Waals surface area contributed by atoms with Crippen LogP contribution >= 0.6 is 0 Å². The van der Waals surface area contributed by atoms with Gasteiger partial charge in [0.15, 0.2) is 0 Å². The van der Waals surface area contributed by atoms with Gasteiger partial charge >= 0.3 is 6.09 Å². The van der Waals surface area contributed by atoms with Gasteiger partial charge in [-0.1, -0.05) is 6.07 Å². The van der Waals surface area contributed by atoms with E-state index in [0.717, 1.165) is 0 Å². The highest BCUT2D eigenvalue weighted by Gasteiger charge is 2.24. The van der Waals surface area contributed by atoms with Crippen molar-refractivity contribution in [3.05, 3.63) is 42.2 Å². The minimum Gasteiger partial charge on any atom is -0.447 e. The first-order chi connectivity index (χ1) is 11.8. The van der Waals surface area contributed by atoms with Crippen LogP contribution in [0.15, 0.2) is 41.4 Å². The molecule has 2 amide bonds. The molecule has 1 fully saturated rings. The van der Waals surface area contributed by atoms with Crippen molar-refractivity contribution >= 4 is 33.4 Å². The first-order valence-electron chi connectivity index (χ1n) is 7.31. The number of nitrogens with zero attached hydrogens (tertiary/aromatic N) is 2. The van der Waals surface area contributed by atoms with Crippen LogP contribution in [0.2, 0.25) is 0 Å². The number of nitrogens with two attached hydrogens (primary N) is 1. The minimum atomic E-state index is -3.92. The average Bonchev–Trinajstić information content (AvgIpc) is 3.13. The first-order valence-corrected chi connectivity index (χ1v) is 8.79. The largest absolute Gasteiger partial charge is 0.447 e. The van der Waals surface area contributed by atoms with Crippen molar-refractivity contribution in [3.63, 3.8) is 0 Å². The summed E-state index contributed by atoms with van der Waals surface area (Å²) in [6, 6.07) is 7.59. The van der Waals surface area contributed by atoms with Gasteiger partial charge in [0.05, 0.1) is 12.2 Å². The highest BCUT2D eigenvalue weighted by Crippen LogP contribution is 2.24. The van der Waals surface area contributed by atoms with Crippen LogP contribution in [0.4, 0.5) is 16.2 Å². The molecule has 0 saturated carbocycles. The van der Waals surface area contributed by atoms with Crippen molar-refractivity contribution in [1.29, 1.82) is 0 Å². The predicted molar refractivity (Wildman–Crippen MR) is 89.9 cm³/mol. The van der Waals surface area contributed by atoms with E-state index in [1.165, 1.54) is 34.8 Å². The summed E-state index contributed by atoms with van der Waals surface area (Å²) >= 11 is 0. The molecule has 1 saturated heterocycles. The van der Waals surface area contributed by atoms with Crippen molar-refractivity contribution < 1.29 is 22.7 Å². The van der Waals surface area contributed by atoms with E-state index in [-0.39, 0.29) is 22.9 Å². The Kier molecular flexibility index (Phi) is 4.13. The van der Waals surface area contributed by atoms with Crippen LogP contribution in [0.5, 0.6) is 0 Å². The third-order valence-electron chi connectivity index (χ3n) is 3.71. The van der Waals surface area contributed by atoms with Gasteiger partial charge in [-0.15, -0.1) is 0 Å². The number of aromatic nitrogens is 1. The van der Waals surface area contributed by atoms with E-state index in [1.54, 1.807) is 18.2 Å². The third-order valence-corrected chi connectivity index (χ3v) is 5.06. The Bertz CT molecular complexity index is 951. The summed E-state index contributed by atoms with van der Waals surface area (Å²) in [7, 11) is -2.39. The van der Waals surface area contributed by atoms with Gasteiger partial charge in [0.1, 0.15) is 17.2 Å². The number of hydrogen-bond acceptors (Lipinski definition) is 5. The van der Waals surface area contributed by atoms with Crippen LogP contribution in [0.25, 0.3) is 0 Å². The molecule has 2 heterocycles. The van der Waals surface area contributed by atoms with Gasteiger partial charge in [0, 0.05) is 18.9 Å². The number of nitrogens with one attached hydrogen (secondary N) is 1. The van der Waals surface area contributed by atoms with Crippen molar-refractivity contribution in [1.82, 2.24) is 4.57 Å². The fraction of sp³-hybridized carbons (Fsp3) is 0.200. The molecule has 1 aromatic heterocycles. The molecule has 3 N–H and O–H groups in total. The van der Waals surface area contributed by atoms with Gasteiger partial charge < -0.3 is 15.0 Å². The quantitative estimate of drug-likeness (QED) is 0.815. The molecule has 1 aliphatic rings. The molecule has 0 bridgehead atoms. The summed E-state index contributed by atoms with van der Waals surface area (Å²) in [5.41, 5.74) is 6.08. The number of ether oxygens (including phenoxy) is 1. The Morgan fingerprint density at radius 2 is 2.08 bits per heavy atom. The lowest BCUT2D eigenvalue weighted by molar-refractivity contribution is 0.0992. The molecule has 9 nitrogen and oxygen atoms in total. The Balaban J connectivity index is 1.87. The second kappa shape index (κ2) is 6.13. The van der Waals surface area contributed by atoms with E-state index in [0.29, 0.717) is 12.2 Å². The molecule has 2 aromatic rings. The Morgan fingerprint density at radius 3 is 2.68 bits per heavy atom. The summed E-state index contributed by atoms with van der Waals surface area (Å²) in [5.74, 6) is -0.724. The van der Waals surface area contributed by atoms with E-state index in [1.807, 2.05) is 0 Å². The average molecular weight is 364 g/mol. The summed E-state index contributed by atoms with van der Waals surface area (Å²) in [6.07, 6.45) is 0.818. The summed E-state index contributed by atoms with van der Waals surface area (Å²) < 4.78 is 33.6. The molecule has 0 spiro atoms. The number of aryl methyl sites for hydroxylation is 1. The molecule has 1 aromatic carbocycles. The maximum Gasteiger partial charge on any atom is 0.414 e. The van der Waals surface area contributed by atoms with Gasteiger partial charge in [-0.2, -0.15) is 0 Å². The van der Waals surface area contributed by atoms with Crippen LogP contribution in [-0.2, 0) is 21.8 Å². The molecule has 0 radical (unpaired) electrons. The van der Waals surface area contributed by atoms with Crippen molar-refractivity contribution in [2.45, 2.75) is 4.90 Å². The number of benzene rings is 1. The van der Waals surface area contributed by atoms with E-state index >= 15 is 0 Å². The maximum absolute atomic E-state index is 12.5. The Morgan fingerprint density at radius 1 is 1.32 bits per heavy atom. The number of sulfonamides is 1. The normalized spacial score (nSPS) is 14.4. The molecule has 0 aliphatic carbocycles. The number of cyclic esters (lactones) is 1. The summed E-state index contributed by atoms with van der Waals surface area (Å²) in [6.45, 7) is 0.685. The topological polar surface area (TPSA) is 124 Å². The van der Waals surface area contributed by atoms with Gasteiger partial charge in [0.2, 0.25) is 0 Å². The highest BCUT2D eigenvalue weighted by atomic mass is 32.2. The number of anilines is 2. The standard InChI is InChI=1S/C15H16N4O5S/c1-18-9-12(8-13(18)14(16)20)25(22,23)17-10-3-2-4-11(7-10)19-5-6-24-15(19)21/h2-4,7-9,17H,5-6H2,1H3,(H2,16,20). The zero-order valence-electron chi connectivity index (χ0n) is 13.3. The number of rotatable bonds is 5. The number of amides is 2. The summed E-state index contributed by atoms with van der Waals surface area (Å²) in [5, 5.41) is 0. The van der Waals surface area contributed by atoms with E-state index in [9.17, 15) is 18.0 Å². The van der Waals surface area contributed by atoms with Crippen molar-refractivity contribution in [2.24, 2.45) is 12.8 Å². The number of primary amides is 1. The fourth-order valence-electron chi connectivity index (χ4n) is 2.51. The van der Waals surface area contributed by atoms with Gasteiger partial charge in [-0.3, -0.25) is 14.4 Å². The monoisotopic (exact) mass is 364 g/mol. The predicted octanol–water partition coefficient (Wildman–Crippen LogP) is 0.881. The number of carbonyl (C=O) groups excluding carboxylic acids is 2. The fourth-order valence-corrected chi connectivity index (χ4v) is 3.62. The number of carbonyl (C=O) groups is 2. The molecule has 10 heteroatoms. The van der Waals surface area contributed by atoms with E-state index in [4.69, 9.17) is 10.5 Å². The molecule has 1 aliphatic heterocycles. The second-order valence-corrected chi connectivity index (χ2v) is 7.14. The lowest BCUT2D eigenvalue weighted by atomic mass is 10.2.